The van der Waals surface area contributed by atoms with Gasteiger partial charge >= 0.3 is 5.97 Å². The molecule has 0 aliphatic carbocycles. The van der Waals surface area contributed by atoms with E-state index in [0.29, 0.717) is 0 Å². The van der Waals surface area contributed by atoms with Crippen molar-refractivity contribution in [3.05, 3.63) is 0 Å². The van der Waals surface area contributed by atoms with Crippen LogP contribution in [0, 0.1) is 0 Å². The Kier molecular flexibility index (Phi) is 27.2. The Balaban J connectivity index is 1.22. The normalized spacial score (nSPS) is 47.2. The fraction of sp³-hybridized carbons (Fsp3) is 0.922. The molecule has 7 rings (SSSR count). The quantitative estimate of drug-likeness (QED) is 0.0404. The zero-order valence-corrected chi connectivity index (χ0v) is 49.6. The molecular formula is C51H85N3O39. The number of nitrogens with one attached hydrogen (secondary N) is 3. The first-order valence-corrected chi connectivity index (χ1v) is 29.3. The number of hydrogen-bond acceptors (Lipinski definition) is 38. The molecule has 0 aromatic rings. The minimum absolute atomic E-state index is 0.929. The van der Waals surface area contributed by atoms with Crippen molar-refractivity contribution < 1.29 is 193 Å². The van der Waals surface area contributed by atoms with Crippen LogP contribution in [0.3, 0.4) is 0 Å². The zero-order chi connectivity index (χ0) is 69.0. The minimum Gasteiger partial charge on any atom is -0.477 e. The van der Waals surface area contributed by atoms with E-state index >= 15 is 0 Å². The second-order valence-electron chi connectivity index (χ2n) is 23.2. The number of carboxylic acids is 1. The topological polar surface area (TPSA) is 669 Å². The first kappa shape index (κ1) is 76.9. The highest BCUT2D eigenvalue weighted by atomic mass is 16.8. The number of carboxylic acid groups (broad SMARTS) is 1. The number of carbonyl (C=O) groups is 4. The van der Waals surface area contributed by atoms with E-state index in [0.717, 1.165) is 13.8 Å². The maximum absolute atomic E-state index is 13.0. The molecule has 0 aromatic carbocycles. The molecule has 7 aliphatic rings. The zero-order valence-electron chi connectivity index (χ0n) is 49.6. The van der Waals surface area contributed by atoms with Crippen molar-refractivity contribution in [3.63, 3.8) is 0 Å². The van der Waals surface area contributed by atoms with Gasteiger partial charge in [-0.15, -0.1) is 0 Å². The molecule has 0 unspecified atom stereocenters. The van der Waals surface area contributed by atoms with E-state index < -0.39 is 297 Å². The molecule has 7 aliphatic heterocycles. The predicted octanol–water partition coefficient (Wildman–Crippen LogP) is -16.6. The number of hydrogen-bond donors (Lipinski definition) is 25. The second kappa shape index (κ2) is 32.9. The average Bonchev–Trinajstić information content (AvgIpc) is 0.773. The smallest absolute Gasteiger partial charge is 0.364 e. The highest BCUT2D eigenvalue weighted by molar-refractivity contribution is 5.78. The molecule has 0 bridgehead atoms. The summed E-state index contributed by atoms with van der Waals surface area (Å²) in [5, 5.41) is 246. The lowest BCUT2D eigenvalue weighted by molar-refractivity contribution is -0.406. The van der Waals surface area contributed by atoms with Gasteiger partial charge in [-0.25, -0.2) is 4.79 Å². The third kappa shape index (κ3) is 16.8. The maximum atomic E-state index is 13.0. The Morgan fingerprint density at radius 3 is 1.45 bits per heavy atom. The number of rotatable bonds is 25. The van der Waals surface area contributed by atoms with E-state index in [1.807, 2.05) is 0 Å². The van der Waals surface area contributed by atoms with Crippen LogP contribution in [0.5, 0.6) is 0 Å². The molecule has 0 saturated carbocycles. The number of ether oxygens (including phenoxy) is 13. The van der Waals surface area contributed by atoms with E-state index in [4.69, 9.17) is 61.6 Å². The molecule has 93 heavy (non-hydrogen) atoms. The van der Waals surface area contributed by atoms with Gasteiger partial charge in [0.1, 0.15) is 165 Å². The molecule has 7 heterocycles. The van der Waals surface area contributed by atoms with Crippen molar-refractivity contribution in [2.45, 2.75) is 248 Å². The van der Waals surface area contributed by atoms with Crippen molar-refractivity contribution in [3.8, 4) is 0 Å². The van der Waals surface area contributed by atoms with E-state index in [2.05, 4.69) is 16.0 Å². The first-order chi connectivity index (χ1) is 43.8. The van der Waals surface area contributed by atoms with Crippen LogP contribution in [0.15, 0.2) is 0 Å². The van der Waals surface area contributed by atoms with Crippen LogP contribution in [0.1, 0.15) is 27.2 Å². The summed E-state index contributed by atoms with van der Waals surface area (Å²) in [7, 11) is 0. The number of carbonyl (C=O) groups excluding carboxylic acids is 3. The summed E-state index contributed by atoms with van der Waals surface area (Å²) in [5.41, 5.74) is 0. The predicted molar refractivity (Wildman–Crippen MR) is 284 cm³/mol. The van der Waals surface area contributed by atoms with E-state index in [1.54, 1.807) is 0 Å². The molecule has 42 nitrogen and oxygen atoms in total. The number of aliphatic hydroxyl groups is 21. The molecule has 7 fully saturated rings. The third-order valence-corrected chi connectivity index (χ3v) is 16.8. The number of amides is 3. The fourth-order valence-electron chi connectivity index (χ4n) is 11.7. The molecular weight excluding hydrogens is 1280 g/mol. The summed E-state index contributed by atoms with van der Waals surface area (Å²) in [6.45, 7) is -4.93. The van der Waals surface area contributed by atoms with Crippen LogP contribution >= 0.6 is 0 Å². The second-order valence-corrected chi connectivity index (χ2v) is 23.2. The molecule has 3 amide bonds. The lowest BCUT2D eigenvalue weighted by Crippen LogP contribution is -2.71. The Labute approximate surface area is 525 Å². The van der Waals surface area contributed by atoms with Crippen molar-refractivity contribution in [1.82, 2.24) is 16.0 Å². The highest BCUT2D eigenvalue weighted by Crippen LogP contribution is 2.40. The Morgan fingerprint density at radius 2 is 0.914 bits per heavy atom. The molecule has 0 spiro atoms. The Bertz CT molecular complexity index is 2420. The van der Waals surface area contributed by atoms with E-state index in [9.17, 15) is 132 Å². The Morgan fingerprint density at radius 1 is 0.473 bits per heavy atom. The summed E-state index contributed by atoms with van der Waals surface area (Å²) >= 11 is 0. The monoisotopic (exact) mass is 1360 g/mol. The molecule has 42 heteroatoms. The van der Waals surface area contributed by atoms with E-state index in [1.165, 1.54) is 6.92 Å². The standard InChI is InChI=1S/C51H85N3O39/c1-12-26(66)33(73)35(75)46(82-12)92-43-42(91-45-25(53-14(3)62)39(29(69)18(7-57)84-45)89-47-36(76)34(74)28(68)17(6-56)85-47)31(71)20(9-59)87-49(43)90-41-30(70)19(8-58)86-48(37(41)77)88-38-24(52-13(2)61)44(78)83-21(32(38)72)11-81-51(50(79)80)4-15(63)23(54-22(65)10-60)40(93-51)27(67)16(64)5-55/h12,15-21,23-49,55-60,63-64,66-78H,4-11H2,1-3H3,(H,52,61)(H,53,62)(H,54,65)(H,79,80)/t12-,15-,16+,17+,18+,19+,20+,21+,23+,24+,25+,26+,27+,28-,29-,30-,31-,32-,33+,34-,35-,36+,37+,38+,39+,40+,41-,42-,43+,44-,45+,46-,47+,48-,49-,51+/m0/s1. The van der Waals surface area contributed by atoms with Gasteiger partial charge in [0.15, 0.2) is 37.7 Å². The SMILES string of the molecule is CC(=O)N[C@@H]1[C@@H](O[C@@H]2O[C@H](CO)[C@H](O)[C@H](O[C@@H]3O[C@H](CO)[C@H](O)[C@H](O[C@H]4O[C@H](CO)[C@H](O)[C@H](O[C@H]5O[C@H](CO)[C@H](O)[C@H](O)[C@H]5O)[C@H]4NC(C)=O)[C@H]3O[C@@H]3O[C@@H](C)[C@@H](O)[C@@H](O)[C@@H]3O)[C@H]2O)[C@@H](O)[C@@H](CO[C@]2(C(=O)O)C[C@H](O)[C@@H](NC(=O)CO)[C@H]([C@H](O)[C@H](O)CO)O2)O[C@@H]1O. The highest BCUT2D eigenvalue weighted by Gasteiger charge is 2.61. The minimum atomic E-state index is -3.12. The van der Waals surface area contributed by atoms with Crippen LogP contribution in [0.25, 0.3) is 0 Å². The summed E-state index contributed by atoms with van der Waals surface area (Å²) < 4.78 is 75.9. The van der Waals surface area contributed by atoms with Gasteiger partial charge in [0.2, 0.25) is 17.7 Å². The first-order valence-electron chi connectivity index (χ1n) is 29.3. The maximum Gasteiger partial charge on any atom is 0.364 e. The summed E-state index contributed by atoms with van der Waals surface area (Å²) in [4.78, 5) is 50.8. The third-order valence-electron chi connectivity index (χ3n) is 16.8. The number of aliphatic hydroxyl groups excluding tert-OH is 21. The van der Waals surface area contributed by atoms with Gasteiger partial charge in [0.05, 0.1) is 57.9 Å². The van der Waals surface area contributed by atoms with Crippen LogP contribution in [0.2, 0.25) is 0 Å². The molecule has 0 aromatic heterocycles. The summed E-state index contributed by atoms with van der Waals surface area (Å²) in [6.07, 6.45) is -68.2. The lowest BCUT2D eigenvalue weighted by atomic mass is 9.88. The number of aliphatic carboxylic acids is 1. The van der Waals surface area contributed by atoms with Crippen LogP contribution in [-0.2, 0) is 80.8 Å². The lowest BCUT2D eigenvalue weighted by Gasteiger charge is -2.52. The summed E-state index contributed by atoms with van der Waals surface area (Å²) in [5.74, 6) is -8.23. The van der Waals surface area contributed by atoms with Crippen LogP contribution in [0.4, 0.5) is 0 Å². The van der Waals surface area contributed by atoms with Crippen molar-refractivity contribution in [2.75, 3.05) is 46.2 Å². The van der Waals surface area contributed by atoms with Gasteiger partial charge in [-0.2, -0.15) is 0 Å². The molecule has 7 saturated heterocycles. The van der Waals surface area contributed by atoms with Gasteiger partial charge in [0, 0.05) is 20.3 Å². The van der Waals surface area contributed by atoms with E-state index in [-0.39, 0.29) is 0 Å². The van der Waals surface area contributed by atoms with Crippen molar-refractivity contribution >= 4 is 23.7 Å². The summed E-state index contributed by atoms with van der Waals surface area (Å²) in [6, 6.07) is -5.61. The van der Waals surface area contributed by atoms with Gasteiger partial charge in [-0.1, -0.05) is 0 Å². The molecule has 538 valence electrons. The fourth-order valence-corrected chi connectivity index (χ4v) is 11.7. The largest absolute Gasteiger partial charge is 0.477 e. The van der Waals surface area contributed by atoms with Crippen molar-refractivity contribution in [1.29, 1.82) is 0 Å². The van der Waals surface area contributed by atoms with Crippen LogP contribution in [-0.4, -0.2) is 403 Å². The van der Waals surface area contributed by atoms with Gasteiger partial charge in [-0.05, 0) is 6.92 Å². The molecule has 25 N–H and O–H groups in total. The Hall–Kier alpha value is -3.48. The molecule has 0 radical (unpaired) electrons. The van der Waals surface area contributed by atoms with Gasteiger partial charge in [-0.3, -0.25) is 14.4 Å². The van der Waals surface area contributed by atoms with Crippen molar-refractivity contribution in [2.24, 2.45) is 0 Å². The van der Waals surface area contributed by atoms with Crippen LogP contribution < -0.4 is 16.0 Å². The van der Waals surface area contributed by atoms with Gasteiger partial charge in [0.25, 0.3) is 5.79 Å². The van der Waals surface area contributed by atoms with Gasteiger partial charge < -0.3 is 190 Å². The molecule has 36 atom stereocenters. The average molecular weight is 1360 g/mol.